The third-order valence-corrected chi connectivity index (χ3v) is 8.04. The lowest BCUT2D eigenvalue weighted by Crippen LogP contribution is -2.57. The van der Waals surface area contributed by atoms with Gasteiger partial charge in [-0.15, -0.1) is 0 Å². The second-order valence-corrected chi connectivity index (χ2v) is 11.0. The van der Waals surface area contributed by atoms with Crippen molar-refractivity contribution in [2.24, 2.45) is 0 Å². The molecule has 9 rings (SSSR count). The number of nitrogens with one attached hydrogen (secondary N) is 2. The number of piperidine rings is 1. The molecule has 0 spiro atoms. The fraction of sp³-hybridized carbons (Fsp3) is 0.324. The van der Waals surface area contributed by atoms with Crippen LogP contribution in [-0.4, -0.2) is 60.7 Å². The summed E-state index contributed by atoms with van der Waals surface area (Å²) < 4.78 is 17.9. The van der Waals surface area contributed by atoms with Gasteiger partial charge in [-0.25, -0.2) is 0 Å². The molecule has 6 heterocycles. The Kier molecular flexibility index (Phi) is 8.70. The van der Waals surface area contributed by atoms with E-state index in [1.165, 1.54) is 5.56 Å². The molecule has 0 aliphatic carbocycles. The molecule has 0 unspecified atom stereocenters. The van der Waals surface area contributed by atoms with Gasteiger partial charge in [-0.2, -0.15) is 0 Å². The van der Waals surface area contributed by atoms with Crippen molar-refractivity contribution >= 4 is 22.7 Å². The predicted molar refractivity (Wildman–Crippen MR) is 163 cm³/mol. The quantitative estimate of drug-likeness (QED) is 0.378. The molecular weight excluding hydrogens is 544 g/mol. The maximum atomic E-state index is 13.2. The van der Waals surface area contributed by atoms with Crippen molar-refractivity contribution in [3.05, 3.63) is 95.7 Å². The number of carbonyl (C=O) groups excluding carboxylic acids is 2. The van der Waals surface area contributed by atoms with Gasteiger partial charge in [-0.05, 0) is 65.9 Å². The number of amides is 2. The van der Waals surface area contributed by atoms with E-state index in [4.69, 9.17) is 14.2 Å². The molecule has 0 saturated carbocycles. The van der Waals surface area contributed by atoms with E-state index in [0.717, 1.165) is 47.3 Å². The number of pyridine rings is 1. The highest BCUT2D eigenvalue weighted by Gasteiger charge is 2.32. The van der Waals surface area contributed by atoms with Gasteiger partial charge in [0.2, 0.25) is 5.91 Å². The summed E-state index contributed by atoms with van der Waals surface area (Å²) in [6.45, 7) is 2.45. The van der Waals surface area contributed by atoms with Crippen LogP contribution in [-0.2, 0) is 29.1 Å². The lowest BCUT2D eigenvalue weighted by Gasteiger charge is -2.39. The van der Waals surface area contributed by atoms with Gasteiger partial charge >= 0.3 is 0 Å². The topological polar surface area (TPSA) is 102 Å². The molecule has 9 nitrogen and oxygen atoms in total. The van der Waals surface area contributed by atoms with Gasteiger partial charge in [0, 0.05) is 44.2 Å². The first-order chi connectivity index (χ1) is 21.0. The molecule has 1 saturated heterocycles. The lowest BCUT2D eigenvalue weighted by atomic mass is 10.00. The second kappa shape index (κ2) is 13.1. The summed E-state index contributed by atoms with van der Waals surface area (Å²) >= 11 is 0. The van der Waals surface area contributed by atoms with Gasteiger partial charge in [0.1, 0.15) is 11.9 Å². The van der Waals surface area contributed by atoms with Crippen molar-refractivity contribution in [3.63, 3.8) is 0 Å². The molecule has 1 fully saturated rings. The van der Waals surface area contributed by atoms with Gasteiger partial charge in [0.25, 0.3) is 5.91 Å². The summed E-state index contributed by atoms with van der Waals surface area (Å²) in [5, 5.41) is 7.31. The summed E-state index contributed by atoms with van der Waals surface area (Å²) in [5.74, 6) is 1.46. The van der Waals surface area contributed by atoms with Gasteiger partial charge in [-0.3, -0.25) is 19.5 Å². The Labute approximate surface area is 251 Å². The van der Waals surface area contributed by atoms with Crippen LogP contribution in [0.15, 0.2) is 79.0 Å². The van der Waals surface area contributed by atoms with E-state index >= 15 is 0 Å². The molecule has 4 aromatic rings. The number of aromatic nitrogens is 1. The Morgan fingerprint density at radius 3 is 2.67 bits per heavy atom. The van der Waals surface area contributed by atoms with Gasteiger partial charge in [0.05, 0.1) is 18.7 Å². The molecule has 4 bridgehead atoms. The first kappa shape index (κ1) is 28.5. The van der Waals surface area contributed by atoms with Crippen molar-refractivity contribution in [2.45, 2.75) is 44.5 Å². The van der Waals surface area contributed by atoms with Crippen LogP contribution >= 0.6 is 0 Å². The summed E-state index contributed by atoms with van der Waals surface area (Å²) in [5.41, 5.74) is 4.11. The van der Waals surface area contributed by atoms with Gasteiger partial charge in [0.15, 0.2) is 18.1 Å². The number of carbonyl (C=O) groups is 2. The summed E-state index contributed by atoms with van der Waals surface area (Å²) in [6.07, 6.45) is 3.28. The summed E-state index contributed by atoms with van der Waals surface area (Å²) in [6, 6.07) is 23.3. The van der Waals surface area contributed by atoms with E-state index in [9.17, 15) is 9.59 Å². The highest BCUT2D eigenvalue weighted by atomic mass is 16.5. The molecule has 1 aromatic heterocycles. The smallest absolute Gasteiger partial charge is 0.258 e. The molecule has 2 atom stereocenters. The molecule has 3 aromatic carbocycles. The first-order valence-corrected chi connectivity index (χ1v) is 14.7. The number of methoxy groups -OCH3 is 1. The number of hydrogen-bond acceptors (Lipinski definition) is 7. The number of nitrogens with zero attached hydrogens (tertiary/aromatic N) is 2. The van der Waals surface area contributed by atoms with Gasteiger partial charge in [-0.1, -0.05) is 36.4 Å². The average Bonchev–Trinajstić information content (AvgIpc) is 3.03. The molecule has 5 aliphatic heterocycles. The minimum absolute atomic E-state index is 0.0277. The molecular formula is C34H36N4O5. The van der Waals surface area contributed by atoms with Crippen LogP contribution in [0, 0.1) is 0 Å². The zero-order valence-electron chi connectivity index (χ0n) is 24.3. The molecule has 2 amide bonds. The molecule has 2 N–H and O–H groups in total. The van der Waals surface area contributed by atoms with Crippen molar-refractivity contribution in [3.8, 4) is 17.2 Å². The van der Waals surface area contributed by atoms with Gasteiger partial charge < -0.3 is 24.8 Å². The highest BCUT2D eigenvalue weighted by molar-refractivity contribution is 5.82. The monoisotopic (exact) mass is 580 g/mol. The van der Waals surface area contributed by atoms with E-state index in [-0.39, 0.29) is 30.6 Å². The normalized spacial score (nSPS) is 19.9. The number of likely N-dealkylation sites (tertiary alicyclic amines) is 1. The van der Waals surface area contributed by atoms with Crippen LogP contribution < -0.4 is 24.8 Å². The van der Waals surface area contributed by atoms with Crippen LogP contribution in [0.25, 0.3) is 10.9 Å². The third-order valence-electron chi connectivity index (χ3n) is 8.04. The van der Waals surface area contributed by atoms with Crippen molar-refractivity contribution in [1.82, 2.24) is 20.5 Å². The third kappa shape index (κ3) is 7.06. The zero-order valence-corrected chi connectivity index (χ0v) is 24.3. The summed E-state index contributed by atoms with van der Waals surface area (Å²) in [4.78, 5) is 32.5. The maximum Gasteiger partial charge on any atom is 0.258 e. The number of rotatable bonds is 3. The fourth-order valence-electron chi connectivity index (χ4n) is 5.74. The second-order valence-electron chi connectivity index (χ2n) is 11.0. The van der Waals surface area contributed by atoms with E-state index < -0.39 is 0 Å². The number of fused-ring (bicyclic) bond motifs is 1. The molecule has 5 aliphatic rings. The summed E-state index contributed by atoms with van der Waals surface area (Å²) in [7, 11) is 1.56. The maximum absolute atomic E-state index is 13.2. The van der Waals surface area contributed by atoms with Crippen LogP contribution in [0.5, 0.6) is 17.2 Å². The first-order valence-electron chi connectivity index (χ1n) is 14.7. The minimum atomic E-state index is -0.258. The lowest BCUT2D eigenvalue weighted by molar-refractivity contribution is -0.125. The number of aryl methyl sites for hydroxylation is 1. The highest BCUT2D eigenvalue weighted by Crippen LogP contribution is 2.29. The Balaban J connectivity index is 1.22. The Morgan fingerprint density at radius 2 is 1.81 bits per heavy atom. The fourth-order valence-corrected chi connectivity index (χ4v) is 5.74. The van der Waals surface area contributed by atoms with Crippen molar-refractivity contribution in [2.75, 3.05) is 26.8 Å². The largest absolute Gasteiger partial charge is 0.493 e. The number of ether oxygens (including phenoxy) is 3. The Bertz CT molecular complexity index is 1590. The van der Waals surface area contributed by atoms with E-state index in [1.54, 1.807) is 13.2 Å². The van der Waals surface area contributed by atoms with Crippen LogP contribution in [0.2, 0.25) is 0 Å². The Morgan fingerprint density at radius 1 is 0.977 bits per heavy atom. The SMILES string of the molecule is COc1cc2ccc1OCC(=O)N[C@@H]1CN(Cc3ccnc4ccccc34)CC[C@H]1Oc1ccc(cc1)CNC(=O)CC2. The number of hydrogen-bond donors (Lipinski definition) is 2. The van der Waals surface area contributed by atoms with Crippen LogP contribution in [0.1, 0.15) is 29.5 Å². The van der Waals surface area contributed by atoms with E-state index in [2.05, 4.69) is 32.7 Å². The number of benzene rings is 3. The molecule has 43 heavy (non-hydrogen) atoms. The predicted octanol–water partition coefficient (Wildman–Crippen LogP) is 4.02. The van der Waals surface area contributed by atoms with Crippen molar-refractivity contribution in [1.29, 1.82) is 0 Å². The number of para-hydroxylation sites is 1. The van der Waals surface area contributed by atoms with E-state index in [0.29, 0.717) is 37.4 Å². The van der Waals surface area contributed by atoms with Crippen LogP contribution in [0.3, 0.4) is 0 Å². The van der Waals surface area contributed by atoms with Crippen molar-refractivity contribution < 1.29 is 23.8 Å². The van der Waals surface area contributed by atoms with E-state index in [1.807, 2.05) is 60.8 Å². The Hall–Kier alpha value is -4.63. The zero-order chi connectivity index (χ0) is 29.6. The standard InChI is InChI=1S/C34H36N4O5/c1-41-32-18-23-8-12-31(32)42-22-34(40)37-29-21-38(20-25-14-16-35-28-5-3-2-4-27(25)28)17-15-30(29)43-26-10-6-24(7-11-26)19-36-33(39)13-9-23/h2-8,10-12,14,16,18,29-30H,9,13,15,17,19-22H2,1H3,(H,36,39)(H,37,40)/t29-,30-/m1/s1. The molecule has 9 heteroatoms. The average molecular weight is 581 g/mol. The molecule has 0 radical (unpaired) electrons. The molecule has 222 valence electrons. The minimum Gasteiger partial charge on any atom is -0.493 e. The van der Waals surface area contributed by atoms with Crippen LogP contribution in [0.4, 0.5) is 0 Å².